The molecule has 1 amide bonds. The maximum Gasteiger partial charge on any atom is 0.239 e. The minimum absolute atomic E-state index is 0.0359. The third-order valence-corrected chi connectivity index (χ3v) is 12.5. The number of ether oxygens (including phenoxy) is 2. The molecule has 1 aliphatic heterocycles. The van der Waals surface area contributed by atoms with Gasteiger partial charge in [0, 0.05) is 44.1 Å². The van der Waals surface area contributed by atoms with Gasteiger partial charge in [0.1, 0.15) is 29.0 Å². The predicted molar refractivity (Wildman–Crippen MR) is 236 cm³/mol. The summed E-state index contributed by atoms with van der Waals surface area (Å²) in [7, 11) is 0. The van der Waals surface area contributed by atoms with E-state index in [4.69, 9.17) is 19.5 Å². The number of aliphatic hydroxyl groups excluding tert-OH is 2. The first-order valence-corrected chi connectivity index (χ1v) is 23.0. The van der Waals surface area contributed by atoms with Gasteiger partial charge in [-0.1, -0.05) is 101 Å². The molecule has 60 heavy (non-hydrogen) atoms. The van der Waals surface area contributed by atoms with E-state index in [2.05, 4.69) is 19.6 Å². The first-order chi connectivity index (χ1) is 29.0. The molecule has 2 aromatic rings. The zero-order valence-corrected chi connectivity index (χ0v) is 36.9. The number of amides is 1. The van der Waals surface area contributed by atoms with Crippen molar-refractivity contribution >= 4 is 11.6 Å². The van der Waals surface area contributed by atoms with Crippen LogP contribution in [-0.2, 0) is 20.9 Å². The third kappa shape index (κ3) is 12.2. The highest BCUT2D eigenvalue weighted by atomic mass is 19.1. The molecule has 6 atom stereocenters. The number of aliphatic hydroxyl groups is 2. The van der Waals surface area contributed by atoms with Gasteiger partial charge in [0.25, 0.3) is 0 Å². The molecular weight excluding hydrogens is 760 g/mol. The van der Waals surface area contributed by atoms with Gasteiger partial charge in [-0.2, -0.15) is 0 Å². The van der Waals surface area contributed by atoms with Crippen molar-refractivity contribution in [1.29, 1.82) is 0 Å². The smallest absolute Gasteiger partial charge is 0.239 e. The average molecular weight is 833 g/mol. The number of benzene rings is 2. The number of carbonyl (C=O) groups excluding carboxylic acids is 1. The highest BCUT2D eigenvalue weighted by Gasteiger charge is 2.65. The maximum absolute atomic E-state index is 15.0. The Hall–Kier alpha value is -3.73. The average Bonchev–Trinajstić information content (AvgIpc) is 3.22. The van der Waals surface area contributed by atoms with Gasteiger partial charge < -0.3 is 34.5 Å². The Morgan fingerprint density at radius 2 is 1.62 bits per heavy atom. The van der Waals surface area contributed by atoms with Gasteiger partial charge in [-0.15, -0.1) is 6.58 Å². The number of phenolic OH excluding ortho intramolecular Hbond substituents is 1. The summed E-state index contributed by atoms with van der Waals surface area (Å²) in [5.74, 6) is -1.65. The monoisotopic (exact) mass is 833 g/mol. The van der Waals surface area contributed by atoms with Crippen LogP contribution < -0.4 is 4.74 Å². The number of fused-ring (bicyclic) bond motifs is 2. The van der Waals surface area contributed by atoms with Crippen molar-refractivity contribution in [3.8, 4) is 11.5 Å². The Morgan fingerprint density at radius 3 is 2.27 bits per heavy atom. The van der Waals surface area contributed by atoms with Crippen LogP contribution in [0.1, 0.15) is 154 Å². The van der Waals surface area contributed by atoms with Gasteiger partial charge >= 0.3 is 0 Å². The van der Waals surface area contributed by atoms with Crippen LogP contribution in [0.3, 0.4) is 0 Å². The Morgan fingerprint density at radius 1 is 0.950 bits per heavy atom. The lowest BCUT2D eigenvalue weighted by Gasteiger charge is -2.60. The summed E-state index contributed by atoms with van der Waals surface area (Å²) in [6.07, 6.45) is 19.4. The van der Waals surface area contributed by atoms with Gasteiger partial charge in [-0.25, -0.2) is 4.39 Å². The predicted octanol–water partition coefficient (Wildman–Crippen LogP) is 10.9. The van der Waals surface area contributed by atoms with Crippen LogP contribution in [0.25, 0.3) is 0 Å². The molecule has 0 radical (unpaired) electrons. The number of nitrogens with zero attached hydrogens (tertiary/aromatic N) is 2. The molecule has 0 saturated heterocycles. The number of unbranched alkanes of at least 4 members (excludes halogenated alkanes) is 10. The summed E-state index contributed by atoms with van der Waals surface area (Å²) in [6.45, 7) is 12.7. The number of aromatic hydroxyl groups is 1. The van der Waals surface area contributed by atoms with Crippen LogP contribution in [0.2, 0.25) is 0 Å². The molecule has 0 bridgehead atoms. The molecule has 332 valence electrons. The van der Waals surface area contributed by atoms with E-state index < -0.39 is 23.3 Å². The van der Waals surface area contributed by atoms with Crippen molar-refractivity contribution in [2.75, 3.05) is 19.8 Å². The maximum atomic E-state index is 15.0. The molecule has 6 unspecified atom stereocenters. The Labute approximate surface area is 359 Å². The van der Waals surface area contributed by atoms with Crippen molar-refractivity contribution < 1.29 is 38.8 Å². The molecule has 2 aromatic carbocycles. The Kier molecular flexibility index (Phi) is 18.1. The van der Waals surface area contributed by atoms with E-state index in [1.807, 2.05) is 31.7 Å². The number of hydrogen-bond donors (Lipinski definition) is 3. The van der Waals surface area contributed by atoms with Crippen molar-refractivity contribution in [1.82, 2.24) is 4.90 Å². The normalized spacial score (nSPS) is 23.9. The quantitative estimate of drug-likeness (QED) is 0.0517. The van der Waals surface area contributed by atoms with E-state index in [1.54, 1.807) is 30.3 Å². The molecule has 2 aliphatic carbocycles. The zero-order valence-electron chi connectivity index (χ0n) is 36.9. The molecule has 1 saturated carbocycles. The number of hydrogen-bond acceptors (Lipinski definition) is 8. The molecular formula is C50H73FN2O7. The minimum Gasteiger partial charge on any atom is -0.508 e. The van der Waals surface area contributed by atoms with Crippen LogP contribution >= 0.6 is 0 Å². The number of oxime groups is 1. The molecule has 9 nitrogen and oxygen atoms in total. The highest BCUT2D eigenvalue weighted by molar-refractivity contribution is 6.03. The molecule has 0 spiro atoms. The van der Waals surface area contributed by atoms with Crippen molar-refractivity contribution in [3.05, 3.63) is 83.7 Å². The van der Waals surface area contributed by atoms with Gasteiger partial charge in [-0.3, -0.25) is 4.79 Å². The zero-order chi connectivity index (χ0) is 43.1. The van der Waals surface area contributed by atoms with E-state index in [-0.39, 0.29) is 68.0 Å². The standard InChI is InChI=1S/C50H73FN2O7/c1-6-8-9-10-11-12-13-14-15-22-46(57)53(35-36-23-25-38(51)26-24-36)45-34-43(52-60-49(3,4)5)41-32-37(20-16-18-29-54)40(21-17-19-30-55)47-42-33-39(56)27-28-44(42)59-50(45,48(41)47)58-31-7-2/h7,23-28,32-33,37,40,45,47-48,54-56H,2,6,8-22,29-31,34-35H2,1,3-5H3. The topological polar surface area (TPSA) is 121 Å². The van der Waals surface area contributed by atoms with Gasteiger partial charge in [0.2, 0.25) is 11.7 Å². The lowest BCUT2D eigenvalue weighted by molar-refractivity contribution is -0.258. The Balaban J connectivity index is 1.66. The second-order valence-electron chi connectivity index (χ2n) is 18.2. The Bertz CT molecular complexity index is 1720. The molecule has 1 heterocycles. The number of phenols is 1. The fraction of sp³-hybridized carbons (Fsp3) is 0.640. The van der Waals surface area contributed by atoms with Gasteiger partial charge in [0.15, 0.2) is 0 Å². The number of halogens is 1. The molecule has 3 aliphatic rings. The fourth-order valence-electron chi connectivity index (χ4n) is 9.74. The molecule has 1 fully saturated rings. The van der Waals surface area contributed by atoms with Crippen LogP contribution in [0.15, 0.2) is 71.9 Å². The molecule has 3 N–H and O–H groups in total. The first kappa shape index (κ1) is 47.3. The van der Waals surface area contributed by atoms with Crippen molar-refractivity contribution in [3.63, 3.8) is 0 Å². The summed E-state index contributed by atoms with van der Waals surface area (Å²) in [5, 5.41) is 35.7. The minimum atomic E-state index is -1.41. The first-order valence-electron chi connectivity index (χ1n) is 23.0. The molecule has 0 aromatic heterocycles. The van der Waals surface area contributed by atoms with E-state index in [1.165, 1.54) is 44.2 Å². The van der Waals surface area contributed by atoms with Crippen LogP contribution in [-0.4, -0.2) is 69.1 Å². The highest BCUT2D eigenvalue weighted by Crippen LogP contribution is 2.62. The fourth-order valence-corrected chi connectivity index (χ4v) is 9.74. The van der Waals surface area contributed by atoms with E-state index >= 15 is 0 Å². The molecule has 10 heteroatoms. The van der Waals surface area contributed by atoms with Crippen molar-refractivity contribution in [2.24, 2.45) is 22.9 Å². The van der Waals surface area contributed by atoms with E-state index in [0.717, 1.165) is 73.8 Å². The SMILES string of the molecule is C=CCOC12Oc3ccc(O)cc3C3C(CCCCO)C(CCCCO)C=C(C(=NOC(C)(C)C)CC1N(Cc1ccc(F)cc1)C(=O)CCCCCCCCCCC)C32. The number of allylic oxidation sites excluding steroid dienone is 1. The van der Waals surface area contributed by atoms with Crippen LogP contribution in [0.5, 0.6) is 11.5 Å². The summed E-state index contributed by atoms with van der Waals surface area (Å²) < 4.78 is 28.7. The van der Waals surface area contributed by atoms with Crippen molar-refractivity contribution in [2.45, 2.75) is 167 Å². The summed E-state index contributed by atoms with van der Waals surface area (Å²) in [4.78, 5) is 23.1. The summed E-state index contributed by atoms with van der Waals surface area (Å²) >= 11 is 0. The van der Waals surface area contributed by atoms with Gasteiger partial charge in [0.05, 0.1) is 18.2 Å². The lowest BCUT2D eigenvalue weighted by atomic mass is 9.55. The second-order valence-corrected chi connectivity index (χ2v) is 18.2. The van der Waals surface area contributed by atoms with E-state index in [9.17, 15) is 24.5 Å². The number of carbonyl (C=O) groups is 1. The summed E-state index contributed by atoms with van der Waals surface area (Å²) in [5.41, 5.74) is 2.72. The molecule has 5 rings (SSSR count). The number of rotatable bonds is 25. The second kappa shape index (κ2) is 22.9. The summed E-state index contributed by atoms with van der Waals surface area (Å²) in [6, 6.07) is 10.9. The lowest BCUT2D eigenvalue weighted by Crippen LogP contribution is -2.70. The third-order valence-electron chi connectivity index (χ3n) is 12.5. The van der Waals surface area contributed by atoms with Crippen LogP contribution in [0, 0.1) is 23.6 Å². The van der Waals surface area contributed by atoms with Gasteiger partial charge in [-0.05, 0) is 106 Å². The largest absolute Gasteiger partial charge is 0.508 e. The van der Waals surface area contributed by atoms with Crippen LogP contribution in [0.4, 0.5) is 4.39 Å². The van der Waals surface area contributed by atoms with E-state index in [0.29, 0.717) is 25.0 Å².